The van der Waals surface area contributed by atoms with Gasteiger partial charge >= 0.3 is 0 Å². The van der Waals surface area contributed by atoms with Crippen LogP contribution in [0, 0.1) is 0 Å². The van der Waals surface area contributed by atoms with Gasteiger partial charge in [-0.1, -0.05) is 18.9 Å². The molecule has 5 N–H and O–H groups in total. The Morgan fingerprint density at radius 3 is 2.78 bits per heavy atom. The molecule has 10 heteroatoms. The van der Waals surface area contributed by atoms with Gasteiger partial charge in [0.25, 0.3) is 0 Å². The fourth-order valence-electron chi connectivity index (χ4n) is 3.42. The van der Waals surface area contributed by atoms with Crippen LogP contribution in [0.4, 0.5) is 0 Å². The van der Waals surface area contributed by atoms with Crippen molar-refractivity contribution in [3.8, 4) is 0 Å². The molecule has 1 saturated heterocycles. The number of hydrogen-bond acceptors (Lipinski definition) is 9. The van der Waals surface area contributed by atoms with Gasteiger partial charge in [0.15, 0.2) is 6.23 Å². The van der Waals surface area contributed by atoms with Crippen molar-refractivity contribution >= 4 is 12.2 Å². The number of aliphatic imine (C=N–C) groups is 1. The first-order chi connectivity index (χ1) is 15.4. The summed E-state index contributed by atoms with van der Waals surface area (Å²) in [5, 5.41) is 18.4. The van der Waals surface area contributed by atoms with E-state index in [1.165, 1.54) is 0 Å². The third-order valence-corrected chi connectivity index (χ3v) is 5.26. The molecule has 1 amide bonds. The molecule has 0 aromatic rings. The van der Waals surface area contributed by atoms with Gasteiger partial charge in [0.05, 0.1) is 12.9 Å². The van der Waals surface area contributed by atoms with Crippen LogP contribution in [0.1, 0.15) is 39.5 Å². The minimum atomic E-state index is -0.688. The number of allylic oxidation sites excluding steroid dienone is 2. The Morgan fingerprint density at radius 2 is 2.12 bits per heavy atom. The van der Waals surface area contributed by atoms with Crippen molar-refractivity contribution < 1.29 is 14.6 Å². The zero-order chi connectivity index (χ0) is 23.3. The number of aliphatic hydroxyl groups excluding tert-OH is 1. The summed E-state index contributed by atoms with van der Waals surface area (Å²) in [4.78, 5) is 18.1. The normalized spacial score (nSPS) is 21.6. The molecular formula is C22H39N7O3. The summed E-state index contributed by atoms with van der Waals surface area (Å²) >= 11 is 0. The summed E-state index contributed by atoms with van der Waals surface area (Å²) in [5.41, 5.74) is 8.80. The lowest BCUT2D eigenvalue weighted by molar-refractivity contribution is -0.122. The third kappa shape index (κ3) is 9.09. The van der Waals surface area contributed by atoms with Crippen LogP contribution in [0.15, 0.2) is 40.2 Å². The predicted molar refractivity (Wildman–Crippen MR) is 126 cm³/mol. The van der Waals surface area contributed by atoms with Crippen LogP contribution in [0.2, 0.25) is 0 Å². The first kappa shape index (κ1) is 26.0. The average Bonchev–Trinajstić information content (AvgIpc) is 3.19. The highest BCUT2D eigenvalue weighted by atomic mass is 16.5. The van der Waals surface area contributed by atoms with Gasteiger partial charge in [-0.15, -0.1) is 0 Å². The Balaban J connectivity index is 1.52. The zero-order valence-electron chi connectivity index (χ0n) is 19.7. The number of aliphatic hydroxyl groups is 1. The van der Waals surface area contributed by atoms with E-state index < -0.39 is 6.23 Å². The number of likely N-dealkylation sites (N-methyl/N-ethyl adjacent to an activating group) is 1. The number of unbranched alkanes of at least 4 members (excludes halogenated alkanes) is 3. The van der Waals surface area contributed by atoms with Crippen LogP contribution in [0.3, 0.4) is 0 Å². The molecule has 1 fully saturated rings. The molecule has 10 nitrogen and oxygen atoms in total. The molecule has 0 bridgehead atoms. The fourth-order valence-corrected chi connectivity index (χ4v) is 3.42. The quantitative estimate of drug-likeness (QED) is 0.205. The zero-order valence-corrected chi connectivity index (χ0v) is 19.7. The molecule has 0 saturated carbocycles. The lowest BCUT2D eigenvalue weighted by Crippen LogP contribution is -2.43. The Bertz CT molecular complexity index is 720. The van der Waals surface area contributed by atoms with Crippen LogP contribution >= 0.6 is 0 Å². The first-order valence-electron chi connectivity index (χ1n) is 11.2. The molecule has 180 valence electrons. The Hall–Kier alpha value is -2.24. The maximum atomic E-state index is 12.1. The molecule has 2 unspecified atom stereocenters. The van der Waals surface area contributed by atoms with Gasteiger partial charge < -0.3 is 25.5 Å². The number of methoxy groups -OCH3 is 1. The SMILES string of the molecule is C/C=C(\C=C1/CN(C)NN1)C(O)NCCCCCCNC(=O)CN1C=NC(C)=CC1OC. The predicted octanol–water partition coefficient (Wildman–Crippen LogP) is 0.576. The minimum absolute atomic E-state index is 0.0395. The van der Waals surface area contributed by atoms with Crippen molar-refractivity contribution in [2.45, 2.75) is 52.0 Å². The molecular weight excluding hydrogens is 410 g/mol. The van der Waals surface area contributed by atoms with Crippen LogP contribution in [0.5, 0.6) is 0 Å². The monoisotopic (exact) mass is 449 g/mol. The Morgan fingerprint density at radius 1 is 1.38 bits per heavy atom. The van der Waals surface area contributed by atoms with E-state index in [1.807, 2.05) is 44.1 Å². The summed E-state index contributed by atoms with van der Waals surface area (Å²) < 4.78 is 5.37. The summed E-state index contributed by atoms with van der Waals surface area (Å²) in [6.07, 6.45) is 10.4. The van der Waals surface area contributed by atoms with Gasteiger partial charge in [-0.3, -0.25) is 10.1 Å². The molecule has 2 heterocycles. The molecule has 2 atom stereocenters. The van der Waals surface area contributed by atoms with E-state index in [2.05, 4.69) is 26.6 Å². The van der Waals surface area contributed by atoms with E-state index >= 15 is 0 Å². The van der Waals surface area contributed by atoms with Gasteiger partial charge in [-0.05, 0) is 51.0 Å². The molecule has 0 spiro atoms. The second kappa shape index (κ2) is 14.0. The van der Waals surface area contributed by atoms with E-state index in [0.29, 0.717) is 6.54 Å². The van der Waals surface area contributed by atoms with Gasteiger partial charge in [0.2, 0.25) is 5.91 Å². The van der Waals surface area contributed by atoms with Crippen molar-refractivity contribution in [1.29, 1.82) is 0 Å². The number of amides is 1. The number of nitrogens with one attached hydrogen (secondary N) is 4. The largest absolute Gasteiger partial charge is 0.374 e. The minimum Gasteiger partial charge on any atom is -0.374 e. The fraction of sp³-hybridized carbons (Fsp3) is 0.636. The first-order valence-corrected chi connectivity index (χ1v) is 11.2. The maximum Gasteiger partial charge on any atom is 0.239 e. The standard InChI is InChI=1S/C22H39N7O3/c1-5-18(13-19-14-28(3)27-26-19)22(31)24-11-9-7-6-8-10-23-20(30)15-29-16-25-17(2)12-21(29)32-4/h5,12-13,16,21-22,24,26-27,31H,6-11,14-15H2,1-4H3,(H,23,30)/b18-5+,19-13+. The lowest BCUT2D eigenvalue weighted by atomic mass is 10.1. The number of hydrogen-bond donors (Lipinski definition) is 5. The highest BCUT2D eigenvalue weighted by molar-refractivity contribution is 5.80. The van der Waals surface area contributed by atoms with Crippen LogP contribution in [-0.4, -0.2) is 80.1 Å². The van der Waals surface area contributed by atoms with E-state index in [-0.39, 0.29) is 18.7 Å². The van der Waals surface area contributed by atoms with Crippen molar-refractivity contribution in [3.63, 3.8) is 0 Å². The molecule has 0 aliphatic carbocycles. The van der Waals surface area contributed by atoms with E-state index in [0.717, 1.165) is 55.7 Å². The van der Waals surface area contributed by atoms with Gasteiger partial charge in [-0.2, -0.15) is 5.53 Å². The topological polar surface area (TPSA) is 113 Å². The van der Waals surface area contributed by atoms with Crippen molar-refractivity contribution in [2.24, 2.45) is 4.99 Å². The van der Waals surface area contributed by atoms with Crippen molar-refractivity contribution in [3.05, 3.63) is 35.2 Å². The van der Waals surface area contributed by atoms with Gasteiger partial charge in [-0.25, -0.2) is 10.0 Å². The molecule has 2 rings (SSSR count). The number of carbonyl (C=O) groups excluding carboxylic acids is 1. The maximum absolute atomic E-state index is 12.1. The molecule has 2 aliphatic heterocycles. The van der Waals surface area contributed by atoms with Crippen LogP contribution in [0.25, 0.3) is 0 Å². The number of carbonyl (C=O) groups is 1. The highest BCUT2D eigenvalue weighted by Gasteiger charge is 2.19. The number of hydrazine groups is 2. The lowest BCUT2D eigenvalue weighted by Gasteiger charge is -2.28. The van der Waals surface area contributed by atoms with Crippen LogP contribution < -0.4 is 21.6 Å². The van der Waals surface area contributed by atoms with Gasteiger partial charge in [0, 0.05) is 32.1 Å². The number of rotatable bonds is 13. The summed E-state index contributed by atoms with van der Waals surface area (Å²) in [7, 11) is 3.56. The van der Waals surface area contributed by atoms with Crippen molar-refractivity contribution in [2.75, 3.05) is 40.3 Å². The molecule has 0 radical (unpaired) electrons. The number of ether oxygens (including phenoxy) is 1. The Kier molecular flexibility index (Phi) is 11.4. The summed E-state index contributed by atoms with van der Waals surface area (Å²) in [6, 6.07) is 0. The second-order valence-electron chi connectivity index (χ2n) is 8.02. The Labute approximate surface area is 191 Å². The van der Waals surface area contributed by atoms with Crippen LogP contribution in [-0.2, 0) is 9.53 Å². The molecule has 0 aromatic heterocycles. The summed E-state index contributed by atoms with van der Waals surface area (Å²) in [5.74, 6) is -0.0395. The second-order valence-corrected chi connectivity index (χ2v) is 8.02. The number of nitrogens with zero attached hydrogens (tertiary/aromatic N) is 3. The third-order valence-electron chi connectivity index (χ3n) is 5.26. The average molecular weight is 450 g/mol. The highest BCUT2D eigenvalue weighted by Crippen LogP contribution is 2.11. The van der Waals surface area contributed by atoms with E-state index in [9.17, 15) is 9.90 Å². The molecule has 2 aliphatic rings. The summed E-state index contributed by atoms with van der Waals surface area (Å²) in [6.45, 7) is 6.19. The molecule has 0 aromatic carbocycles. The molecule has 32 heavy (non-hydrogen) atoms. The van der Waals surface area contributed by atoms with Crippen molar-refractivity contribution in [1.82, 2.24) is 31.5 Å². The van der Waals surface area contributed by atoms with Gasteiger partial charge in [0.1, 0.15) is 12.8 Å². The van der Waals surface area contributed by atoms with E-state index in [1.54, 1.807) is 18.3 Å². The smallest absolute Gasteiger partial charge is 0.239 e. The van der Waals surface area contributed by atoms with E-state index in [4.69, 9.17) is 4.74 Å².